The SMILES string of the molecule is O=C(Nc1cc(-c2c(Cl)cccc2Cl)ccc1-c1ncco1)C(Cl)Cl. The van der Waals surface area contributed by atoms with Gasteiger partial charge in [-0.05, 0) is 29.8 Å². The van der Waals surface area contributed by atoms with Gasteiger partial charge >= 0.3 is 0 Å². The summed E-state index contributed by atoms with van der Waals surface area (Å²) in [6, 6.07) is 10.5. The molecule has 0 spiro atoms. The molecule has 25 heavy (non-hydrogen) atoms. The van der Waals surface area contributed by atoms with Crippen LogP contribution in [0, 0.1) is 0 Å². The molecule has 1 aromatic heterocycles. The summed E-state index contributed by atoms with van der Waals surface area (Å²) in [5.41, 5.74) is 2.35. The highest BCUT2D eigenvalue weighted by atomic mass is 35.5. The number of carbonyl (C=O) groups excluding carboxylic acids is 1. The number of amides is 1. The van der Waals surface area contributed by atoms with Gasteiger partial charge in [0.1, 0.15) is 6.26 Å². The van der Waals surface area contributed by atoms with Crippen LogP contribution in [-0.4, -0.2) is 15.7 Å². The summed E-state index contributed by atoms with van der Waals surface area (Å²) in [6.45, 7) is 0. The Morgan fingerprint density at radius 1 is 1.12 bits per heavy atom. The van der Waals surface area contributed by atoms with E-state index in [1.54, 1.807) is 36.4 Å². The van der Waals surface area contributed by atoms with E-state index in [2.05, 4.69) is 10.3 Å². The zero-order valence-electron chi connectivity index (χ0n) is 12.5. The first kappa shape index (κ1) is 18.1. The fraction of sp³-hybridized carbons (Fsp3) is 0.0588. The lowest BCUT2D eigenvalue weighted by atomic mass is 10.0. The molecule has 0 fully saturated rings. The minimum absolute atomic E-state index is 0.341. The monoisotopic (exact) mass is 414 g/mol. The Morgan fingerprint density at radius 3 is 2.44 bits per heavy atom. The maximum atomic E-state index is 11.9. The number of carbonyl (C=O) groups is 1. The van der Waals surface area contributed by atoms with Gasteiger partial charge in [-0.1, -0.05) is 58.5 Å². The van der Waals surface area contributed by atoms with Crippen LogP contribution < -0.4 is 5.32 Å². The summed E-state index contributed by atoms with van der Waals surface area (Å²) in [7, 11) is 0. The zero-order chi connectivity index (χ0) is 18.0. The van der Waals surface area contributed by atoms with Gasteiger partial charge in [-0.25, -0.2) is 4.98 Å². The van der Waals surface area contributed by atoms with Gasteiger partial charge in [-0.3, -0.25) is 4.79 Å². The Balaban J connectivity index is 2.13. The molecule has 0 atom stereocenters. The molecule has 0 aliphatic heterocycles. The summed E-state index contributed by atoms with van der Waals surface area (Å²) >= 11 is 23.8. The number of hydrogen-bond acceptors (Lipinski definition) is 3. The van der Waals surface area contributed by atoms with E-state index in [9.17, 15) is 4.79 Å². The smallest absolute Gasteiger partial charge is 0.257 e. The van der Waals surface area contributed by atoms with Crippen molar-refractivity contribution in [2.75, 3.05) is 5.32 Å². The van der Waals surface area contributed by atoms with E-state index in [-0.39, 0.29) is 0 Å². The van der Waals surface area contributed by atoms with Gasteiger partial charge in [0, 0.05) is 15.6 Å². The van der Waals surface area contributed by atoms with Crippen LogP contribution in [0.1, 0.15) is 0 Å². The number of oxazole rings is 1. The summed E-state index contributed by atoms with van der Waals surface area (Å²) < 4.78 is 5.31. The third-order valence-electron chi connectivity index (χ3n) is 3.39. The molecule has 0 saturated carbocycles. The molecule has 0 aliphatic rings. The van der Waals surface area contributed by atoms with Crippen LogP contribution >= 0.6 is 46.4 Å². The predicted molar refractivity (Wildman–Crippen MR) is 102 cm³/mol. The van der Waals surface area contributed by atoms with Crippen molar-refractivity contribution < 1.29 is 9.21 Å². The molecule has 1 N–H and O–H groups in total. The second-order valence-electron chi connectivity index (χ2n) is 4.98. The third-order valence-corrected chi connectivity index (χ3v) is 4.42. The minimum Gasteiger partial charge on any atom is -0.444 e. The number of aromatic nitrogens is 1. The van der Waals surface area contributed by atoms with Crippen molar-refractivity contribution in [1.29, 1.82) is 0 Å². The van der Waals surface area contributed by atoms with E-state index in [1.807, 2.05) is 0 Å². The van der Waals surface area contributed by atoms with E-state index >= 15 is 0 Å². The fourth-order valence-corrected chi connectivity index (χ4v) is 3.03. The first-order valence-corrected chi connectivity index (χ1v) is 8.67. The quantitative estimate of drug-likeness (QED) is 0.527. The van der Waals surface area contributed by atoms with E-state index in [4.69, 9.17) is 50.8 Å². The lowest BCUT2D eigenvalue weighted by molar-refractivity contribution is -0.114. The Labute approximate surface area is 163 Å². The maximum absolute atomic E-state index is 11.9. The molecule has 2 aromatic carbocycles. The molecule has 1 heterocycles. The lowest BCUT2D eigenvalue weighted by Gasteiger charge is -2.13. The molecule has 0 radical (unpaired) electrons. The maximum Gasteiger partial charge on any atom is 0.257 e. The highest BCUT2D eigenvalue weighted by Gasteiger charge is 2.18. The van der Waals surface area contributed by atoms with Crippen LogP contribution in [0.15, 0.2) is 53.3 Å². The second kappa shape index (κ2) is 7.67. The van der Waals surface area contributed by atoms with Gasteiger partial charge in [-0.15, -0.1) is 0 Å². The number of hydrogen-bond donors (Lipinski definition) is 1. The Hall–Kier alpha value is -1.72. The van der Waals surface area contributed by atoms with Gasteiger partial charge in [0.25, 0.3) is 5.91 Å². The van der Waals surface area contributed by atoms with Gasteiger partial charge in [0.05, 0.1) is 17.4 Å². The second-order valence-corrected chi connectivity index (χ2v) is 6.89. The first-order valence-electron chi connectivity index (χ1n) is 7.04. The lowest BCUT2D eigenvalue weighted by Crippen LogP contribution is -2.19. The summed E-state index contributed by atoms with van der Waals surface area (Å²) in [4.78, 5) is 14.8. The van der Waals surface area contributed by atoms with Crippen molar-refractivity contribution in [3.05, 3.63) is 58.9 Å². The molecule has 3 aromatic rings. The topological polar surface area (TPSA) is 55.1 Å². The molecule has 0 unspecified atom stereocenters. The fourth-order valence-electron chi connectivity index (χ4n) is 2.31. The van der Waals surface area contributed by atoms with E-state index in [0.717, 1.165) is 0 Å². The molecule has 128 valence electrons. The highest BCUT2D eigenvalue weighted by Crippen LogP contribution is 2.38. The molecule has 0 bridgehead atoms. The van der Waals surface area contributed by atoms with Crippen molar-refractivity contribution in [2.24, 2.45) is 0 Å². The first-order chi connectivity index (χ1) is 12.0. The number of benzene rings is 2. The van der Waals surface area contributed by atoms with Gasteiger partial charge in [-0.2, -0.15) is 0 Å². The van der Waals surface area contributed by atoms with Crippen molar-refractivity contribution in [2.45, 2.75) is 4.84 Å². The molecular weight excluding hydrogens is 406 g/mol. The predicted octanol–water partition coefficient (Wildman–Crippen LogP) is 6.06. The number of rotatable bonds is 4. The number of alkyl halides is 2. The van der Waals surface area contributed by atoms with Crippen LogP contribution in [0.5, 0.6) is 0 Å². The van der Waals surface area contributed by atoms with Crippen molar-refractivity contribution in [3.63, 3.8) is 0 Å². The Morgan fingerprint density at radius 2 is 1.84 bits per heavy atom. The number of halogens is 4. The molecule has 8 heteroatoms. The van der Waals surface area contributed by atoms with Crippen LogP contribution in [-0.2, 0) is 4.79 Å². The average molecular weight is 416 g/mol. The van der Waals surface area contributed by atoms with E-state index < -0.39 is 10.7 Å². The van der Waals surface area contributed by atoms with Gasteiger partial charge in [0.2, 0.25) is 5.89 Å². The van der Waals surface area contributed by atoms with Crippen LogP contribution in [0.25, 0.3) is 22.6 Å². The summed E-state index contributed by atoms with van der Waals surface area (Å²) in [6.07, 6.45) is 2.94. The molecule has 0 saturated heterocycles. The number of anilines is 1. The van der Waals surface area contributed by atoms with Crippen molar-refractivity contribution in [1.82, 2.24) is 4.98 Å². The van der Waals surface area contributed by atoms with Crippen LogP contribution in [0.3, 0.4) is 0 Å². The Bertz CT molecular complexity index is 891. The summed E-state index contributed by atoms with van der Waals surface area (Å²) in [5, 5.41) is 3.63. The average Bonchev–Trinajstić information content (AvgIpc) is 3.09. The highest BCUT2D eigenvalue weighted by molar-refractivity contribution is 6.54. The van der Waals surface area contributed by atoms with Crippen LogP contribution in [0.4, 0.5) is 5.69 Å². The van der Waals surface area contributed by atoms with Crippen molar-refractivity contribution in [3.8, 4) is 22.6 Å². The normalized spacial score (nSPS) is 10.9. The van der Waals surface area contributed by atoms with Crippen LogP contribution in [0.2, 0.25) is 10.0 Å². The van der Waals surface area contributed by atoms with Gasteiger partial charge in [0.15, 0.2) is 4.84 Å². The standard InChI is InChI=1S/C17H10Cl4N2O2/c18-11-2-1-3-12(19)14(11)9-4-5-10(17-22-6-7-25-17)13(8-9)23-16(24)15(20)21/h1-8,15H,(H,23,24). The molecule has 3 rings (SSSR count). The van der Waals surface area contributed by atoms with Crippen molar-refractivity contribution >= 4 is 58.0 Å². The summed E-state index contributed by atoms with van der Waals surface area (Å²) in [5.74, 6) is -0.230. The molecule has 4 nitrogen and oxygen atoms in total. The molecule has 1 amide bonds. The minimum atomic E-state index is -1.22. The zero-order valence-corrected chi connectivity index (χ0v) is 15.5. The Kier molecular flexibility index (Phi) is 5.54. The largest absolute Gasteiger partial charge is 0.444 e. The molecule has 0 aliphatic carbocycles. The third kappa shape index (κ3) is 3.93. The molecular formula is C17H10Cl4N2O2. The number of nitrogens with one attached hydrogen (secondary N) is 1. The number of nitrogens with zero attached hydrogens (tertiary/aromatic N) is 1. The van der Waals surface area contributed by atoms with Gasteiger partial charge < -0.3 is 9.73 Å². The van der Waals surface area contributed by atoms with E-state index in [1.165, 1.54) is 12.5 Å². The van der Waals surface area contributed by atoms with E-state index in [0.29, 0.717) is 38.3 Å².